The van der Waals surface area contributed by atoms with E-state index in [0.717, 1.165) is 21.2 Å². The molecular formula is C21H20BrN3O4. The number of nitrogens with zero attached hydrogens (tertiary/aromatic N) is 2. The minimum absolute atomic E-state index is 0.162. The minimum atomic E-state index is -0.550. The molecule has 8 heteroatoms. The van der Waals surface area contributed by atoms with E-state index in [1.807, 2.05) is 24.3 Å². The van der Waals surface area contributed by atoms with Crippen molar-refractivity contribution in [1.82, 2.24) is 15.1 Å². The summed E-state index contributed by atoms with van der Waals surface area (Å²) in [4.78, 5) is 14.9. The van der Waals surface area contributed by atoms with Crippen LogP contribution in [0.1, 0.15) is 27.7 Å². The lowest BCUT2D eigenvalue weighted by atomic mass is 9.96. The number of amides is 1. The number of fused-ring (bicyclic) bond motifs is 1. The summed E-state index contributed by atoms with van der Waals surface area (Å²) in [5.74, 6) is 0.00988. The monoisotopic (exact) mass is 457 g/mol. The molecule has 1 atom stereocenters. The largest absolute Gasteiger partial charge is 0.508 e. The molecule has 29 heavy (non-hydrogen) atoms. The van der Waals surface area contributed by atoms with Gasteiger partial charge in [-0.15, -0.1) is 0 Å². The second kappa shape index (κ2) is 7.98. The van der Waals surface area contributed by atoms with Gasteiger partial charge in [0, 0.05) is 29.8 Å². The van der Waals surface area contributed by atoms with Crippen molar-refractivity contribution in [2.45, 2.75) is 12.3 Å². The Hall–Kier alpha value is -2.68. The fraction of sp³-hybridized carbons (Fsp3) is 0.238. The van der Waals surface area contributed by atoms with Gasteiger partial charge in [-0.3, -0.25) is 9.89 Å². The maximum Gasteiger partial charge on any atom is 0.273 e. The zero-order valence-corrected chi connectivity index (χ0v) is 17.5. The number of carbonyl (C=O) groups is 1. The fourth-order valence-electron chi connectivity index (χ4n) is 3.62. The third kappa shape index (κ3) is 3.55. The number of nitrogens with one attached hydrogen (secondary N) is 1. The van der Waals surface area contributed by atoms with Gasteiger partial charge in [0.25, 0.3) is 5.91 Å². The number of halogens is 1. The molecule has 1 unspecified atom stereocenters. The van der Waals surface area contributed by atoms with Crippen LogP contribution in [0, 0.1) is 0 Å². The summed E-state index contributed by atoms with van der Waals surface area (Å²) in [6.07, 6.45) is -0.550. The van der Waals surface area contributed by atoms with Crippen molar-refractivity contribution in [3.8, 4) is 17.0 Å². The summed E-state index contributed by atoms with van der Waals surface area (Å²) in [6.45, 7) is 0.268. The number of aromatic hydroxyl groups is 1. The number of rotatable bonds is 6. The van der Waals surface area contributed by atoms with E-state index in [9.17, 15) is 9.90 Å². The average Bonchev–Trinajstić information content (AvgIpc) is 3.27. The Bertz CT molecular complexity index is 1010. The molecule has 0 spiro atoms. The van der Waals surface area contributed by atoms with Crippen molar-refractivity contribution in [2.24, 2.45) is 0 Å². The van der Waals surface area contributed by atoms with Gasteiger partial charge in [-0.25, -0.2) is 0 Å². The van der Waals surface area contributed by atoms with Gasteiger partial charge >= 0.3 is 0 Å². The molecule has 2 aromatic carbocycles. The van der Waals surface area contributed by atoms with Crippen LogP contribution < -0.4 is 0 Å². The van der Waals surface area contributed by atoms with E-state index in [1.54, 1.807) is 43.4 Å². The molecule has 2 heterocycles. The van der Waals surface area contributed by atoms with Crippen LogP contribution in [0.3, 0.4) is 0 Å². The molecule has 1 aromatic heterocycles. The minimum Gasteiger partial charge on any atom is -0.508 e. The van der Waals surface area contributed by atoms with Crippen LogP contribution in [-0.2, 0) is 9.47 Å². The normalized spacial score (nSPS) is 15.9. The number of hydrogen-bond acceptors (Lipinski definition) is 5. The SMILES string of the molecule is COC(CN1C(=O)c2[nH]nc(-c3ccc(O)cc3)c2C1c1ccc(Br)cc1)OC. The Kier molecular flexibility index (Phi) is 5.40. The molecule has 1 amide bonds. The van der Waals surface area contributed by atoms with Crippen molar-refractivity contribution >= 4 is 21.8 Å². The van der Waals surface area contributed by atoms with E-state index < -0.39 is 6.29 Å². The highest BCUT2D eigenvalue weighted by Gasteiger charge is 2.43. The second-order valence-corrected chi connectivity index (χ2v) is 7.64. The molecule has 0 saturated carbocycles. The maximum atomic E-state index is 13.2. The Balaban J connectivity index is 1.84. The first kappa shape index (κ1) is 19.6. The first-order valence-corrected chi connectivity index (χ1v) is 9.82. The van der Waals surface area contributed by atoms with Crippen molar-refractivity contribution in [3.05, 3.63) is 69.8 Å². The van der Waals surface area contributed by atoms with E-state index in [4.69, 9.17) is 9.47 Å². The highest BCUT2D eigenvalue weighted by Crippen LogP contribution is 2.43. The zero-order valence-electron chi connectivity index (χ0n) is 15.9. The van der Waals surface area contributed by atoms with Crippen LogP contribution >= 0.6 is 15.9 Å². The van der Waals surface area contributed by atoms with Crippen LogP contribution in [0.5, 0.6) is 5.75 Å². The van der Waals surface area contributed by atoms with Gasteiger partial charge in [0.15, 0.2) is 6.29 Å². The molecule has 150 valence electrons. The predicted molar refractivity (Wildman–Crippen MR) is 111 cm³/mol. The van der Waals surface area contributed by atoms with Gasteiger partial charge in [0.1, 0.15) is 11.4 Å². The first-order valence-electron chi connectivity index (χ1n) is 9.03. The number of aromatic amines is 1. The van der Waals surface area contributed by atoms with Crippen molar-refractivity contribution in [2.75, 3.05) is 20.8 Å². The molecule has 3 aromatic rings. The topological polar surface area (TPSA) is 87.7 Å². The molecule has 1 aliphatic heterocycles. The number of phenols is 1. The lowest BCUT2D eigenvalue weighted by molar-refractivity contribution is -0.113. The van der Waals surface area contributed by atoms with Crippen LogP contribution in [-0.4, -0.2) is 53.2 Å². The predicted octanol–water partition coefficient (Wildman–Crippen LogP) is 3.71. The standard InChI is InChI=1S/C21H20BrN3O4/c1-28-16(29-2)11-25-20(13-3-7-14(22)8-4-13)17-18(23-24-19(17)21(25)27)12-5-9-15(26)10-6-12/h3-10,16,20,26H,11H2,1-2H3,(H,23,24). The van der Waals surface area contributed by atoms with Gasteiger partial charge in [-0.1, -0.05) is 28.1 Å². The molecule has 7 nitrogen and oxygen atoms in total. The second-order valence-electron chi connectivity index (χ2n) is 6.72. The Morgan fingerprint density at radius 1 is 1.14 bits per heavy atom. The highest BCUT2D eigenvalue weighted by atomic mass is 79.9. The first-order chi connectivity index (χ1) is 14.0. The number of carbonyl (C=O) groups excluding carboxylic acids is 1. The number of ether oxygens (including phenoxy) is 2. The molecule has 0 bridgehead atoms. The number of benzene rings is 2. The number of hydrogen-bond donors (Lipinski definition) is 2. The number of methoxy groups -OCH3 is 2. The third-order valence-electron chi connectivity index (χ3n) is 5.06. The zero-order chi connectivity index (χ0) is 20.5. The fourth-order valence-corrected chi connectivity index (χ4v) is 3.89. The van der Waals surface area contributed by atoms with Crippen molar-refractivity contribution in [1.29, 1.82) is 0 Å². The van der Waals surface area contributed by atoms with Gasteiger partial charge < -0.3 is 19.5 Å². The van der Waals surface area contributed by atoms with Crippen LogP contribution in [0.2, 0.25) is 0 Å². The Labute approximate surface area is 176 Å². The number of aromatic nitrogens is 2. The number of phenolic OH excluding ortho intramolecular Hbond substituents is 1. The Morgan fingerprint density at radius 3 is 2.41 bits per heavy atom. The molecule has 2 N–H and O–H groups in total. The smallest absolute Gasteiger partial charge is 0.273 e. The molecule has 4 rings (SSSR count). The van der Waals surface area contributed by atoms with Crippen molar-refractivity contribution < 1.29 is 19.4 Å². The molecule has 0 aliphatic carbocycles. The summed E-state index contributed by atoms with van der Waals surface area (Å²) in [5, 5.41) is 16.9. The maximum absolute atomic E-state index is 13.2. The van der Waals surface area contributed by atoms with Crippen LogP contribution in [0.25, 0.3) is 11.3 Å². The van der Waals surface area contributed by atoms with E-state index in [1.165, 1.54) is 0 Å². The van der Waals surface area contributed by atoms with Gasteiger partial charge in [-0.2, -0.15) is 5.10 Å². The number of H-pyrrole nitrogens is 1. The van der Waals surface area contributed by atoms with E-state index in [2.05, 4.69) is 26.1 Å². The van der Waals surface area contributed by atoms with E-state index >= 15 is 0 Å². The van der Waals surface area contributed by atoms with Gasteiger partial charge in [0.2, 0.25) is 0 Å². The molecule has 1 aliphatic rings. The van der Waals surface area contributed by atoms with E-state index in [-0.39, 0.29) is 24.2 Å². The summed E-state index contributed by atoms with van der Waals surface area (Å²) >= 11 is 3.46. The summed E-state index contributed by atoms with van der Waals surface area (Å²) in [7, 11) is 3.10. The van der Waals surface area contributed by atoms with Crippen molar-refractivity contribution in [3.63, 3.8) is 0 Å². The lowest BCUT2D eigenvalue weighted by Crippen LogP contribution is -2.38. The summed E-state index contributed by atoms with van der Waals surface area (Å²) in [5.41, 5.74) is 3.69. The molecule has 0 fully saturated rings. The van der Waals surface area contributed by atoms with Gasteiger partial charge in [0.05, 0.1) is 18.3 Å². The summed E-state index contributed by atoms with van der Waals surface area (Å²) in [6, 6.07) is 14.3. The molecular weight excluding hydrogens is 438 g/mol. The average molecular weight is 458 g/mol. The molecule has 0 radical (unpaired) electrons. The summed E-state index contributed by atoms with van der Waals surface area (Å²) < 4.78 is 11.6. The van der Waals surface area contributed by atoms with E-state index in [0.29, 0.717) is 11.4 Å². The van der Waals surface area contributed by atoms with Crippen LogP contribution in [0.15, 0.2) is 53.0 Å². The lowest BCUT2D eigenvalue weighted by Gasteiger charge is -2.29. The quantitative estimate of drug-likeness (QED) is 0.550. The van der Waals surface area contributed by atoms with Gasteiger partial charge in [-0.05, 0) is 42.0 Å². The van der Waals surface area contributed by atoms with Crippen LogP contribution in [0.4, 0.5) is 0 Å². The molecule has 0 saturated heterocycles. The highest BCUT2D eigenvalue weighted by molar-refractivity contribution is 9.10. The Morgan fingerprint density at radius 2 is 1.79 bits per heavy atom. The third-order valence-corrected chi connectivity index (χ3v) is 5.59.